The summed E-state index contributed by atoms with van der Waals surface area (Å²) in [6.07, 6.45) is 20.8. The second-order valence-electron chi connectivity index (χ2n) is 8.52. The monoisotopic (exact) mass is 480 g/mol. The van der Waals surface area contributed by atoms with Gasteiger partial charge in [0.1, 0.15) is 6.10 Å². The minimum Gasteiger partial charge on any atom is -0.460 e. The molecule has 0 saturated carbocycles. The summed E-state index contributed by atoms with van der Waals surface area (Å²) in [5, 5.41) is 0. The van der Waals surface area contributed by atoms with Crippen molar-refractivity contribution in [1.82, 2.24) is 0 Å². The van der Waals surface area contributed by atoms with Gasteiger partial charge in [0.05, 0.1) is 20.3 Å². The summed E-state index contributed by atoms with van der Waals surface area (Å²) in [4.78, 5) is 20.6. The van der Waals surface area contributed by atoms with Crippen LogP contribution in [-0.2, 0) is 23.3 Å². The number of hydrogen-bond donors (Lipinski definition) is 1. The second kappa shape index (κ2) is 22.3. The van der Waals surface area contributed by atoms with Crippen molar-refractivity contribution in [2.75, 3.05) is 34.0 Å². The van der Waals surface area contributed by atoms with E-state index in [1.54, 1.807) is 0 Å². The van der Waals surface area contributed by atoms with Crippen LogP contribution in [0.5, 0.6) is 0 Å². The predicted octanol–water partition coefficient (Wildman–Crippen LogP) is 7.25. The molecule has 0 amide bonds. The van der Waals surface area contributed by atoms with E-state index in [9.17, 15) is 14.3 Å². The van der Waals surface area contributed by atoms with Crippen molar-refractivity contribution in [1.29, 1.82) is 0 Å². The van der Waals surface area contributed by atoms with Crippen molar-refractivity contribution in [3.05, 3.63) is 0 Å². The first-order valence-corrected chi connectivity index (χ1v) is 14.2. The zero-order valence-corrected chi connectivity index (χ0v) is 21.8. The molecule has 0 aromatic rings. The Bertz CT molecular complexity index is 473. The standard InChI is InChI=1S/C24H49O7P/c1-4-5-6-7-8-9-10-11-12-13-14-15-16-17-18-19-20-30-21-23(28-2)22-31-32(26,27)24(25)29-3/h23H,4-22H2,1-3H3,(H,26,27). The van der Waals surface area contributed by atoms with Crippen LogP contribution in [0.25, 0.3) is 0 Å². The first kappa shape index (κ1) is 31.5. The van der Waals surface area contributed by atoms with Crippen LogP contribution in [0.15, 0.2) is 0 Å². The Morgan fingerprint density at radius 3 is 1.59 bits per heavy atom. The first-order valence-electron chi connectivity index (χ1n) is 12.6. The van der Waals surface area contributed by atoms with Gasteiger partial charge in [0, 0.05) is 13.7 Å². The Kier molecular flexibility index (Phi) is 22.0. The molecule has 0 spiro atoms. The Hall–Kier alpha value is -0.460. The van der Waals surface area contributed by atoms with Gasteiger partial charge in [-0.25, -0.2) is 9.36 Å². The number of ether oxygens (including phenoxy) is 3. The molecule has 0 rings (SSSR count). The molecule has 0 fully saturated rings. The summed E-state index contributed by atoms with van der Waals surface area (Å²) in [5.41, 5.74) is -1.28. The maximum Gasteiger partial charge on any atom is 0.435 e. The fourth-order valence-electron chi connectivity index (χ4n) is 3.50. The molecule has 0 aromatic carbocycles. The third-order valence-corrected chi connectivity index (χ3v) is 6.76. The van der Waals surface area contributed by atoms with Gasteiger partial charge in [-0.2, -0.15) is 0 Å². The molecule has 0 bridgehead atoms. The van der Waals surface area contributed by atoms with Crippen molar-refractivity contribution in [2.45, 2.75) is 116 Å². The normalized spacial score (nSPS) is 14.2. The van der Waals surface area contributed by atoms with Crippen molar-refractivity contribution in [3.8, 4) is 0 Å². The van der Waals surface area contributed by atoms with Gasteiger partial charge in [-0.1, -0.05) is 103 Å². The summed E-state index contributed by atoms with van der Waals surface area (Å²) in [5.74, 6) is 0. The highest BCUT2D eigenvalue weighted by Crippen LogP contribution is 2.43. The van der Waals surface area contributed by atoms with Crippen LogP contribution in [0.4, 0.5) is 4.79 Å². The molecular formula is C24H49O7P. The van der Waals surface area contributed by atoms with Crippen LogP contribution in [0.3, 0.4) is 0 Å². The Morgan fingerprint density at radius 1 is 0.750 bits per heavy atom. The highest BCUT2D eigenvalue weighted by Gasteiger charge is 2.33. The topological polar surface area (TPSA) is 91.3 Å². The summed E-state index contributed by atoms with van der Waals surface area (Å²) in [6, 6.07) is 0. The van der Waals surface area contributed by atoms with Crippen molar-refractivity contribution in [2.24, 2.45) is 0 Å². The molecule has 0 saturated heterocycles. The molecule has 8 heteroatoms. The Morgan fingerprint density at radius 2 is 1.19 bits per heavy atom. The number of carbonyl (C=O) groups excluding carboxylic acids is 1. The smallest absolute Gasteiger partial charge is 0.435 e. The predicted molar refractivity (Wildman–Crippen MR) is 129 cm³/mol. The van der Waals surface area contributed by atoms with E-state index in [-0.39, 0.29) is 13.2 Å². The quantitative estimate of drug-likeness (QED) is 0.115. The molecular weight excluding hydrogens is 431 g/mol. The van der Waals surface area contributed by atoms with E-state index in [4.69, 9.17) is 14.0 Å². The highest BCUT2D eigenvalue weighted by atomic mass is 31.2. The zero-order valence-electron chi connectivity index (χ0n) is 20.9. The Labute approximate surface area is 196 Å². The molecule has 7 nitrogen and oxygen atoms in total. The van der Waals surface area contributed by atoms with Gasteiger partial charge in [0.15, 0.2) is 0 Å². The zero-order chi connectivity index (χ0) is 23.9. The van der Waals surface area contributed by atoms with Gasteiger partial charge < -0.3 is 19.1 Å². The average molecular weight is 481 g/mol. The Balaban J connectivity index is 3.40. The van der Waals surface area contributed by atoms with Crippen molar-refractivity contribution in [3.63, 3.8) is 0 Å². The van der Waals surface area contributed by atoms with E-state index in [0.717, 1.165) is 20.0 Å². The molecule has 0 aliphatic rings. The minimum atomic E-state index is -4.43. The molecule has 1 N–H and O–H groups in total. The number of carbonyl (C=O) groups is 1. The lowest BCUT2D eigenvalue weighted by molar-refractivity contribution is -0.0168. The second-order valence-corrected chi connectivity index (χ2v) is 10.2. The molecule has 192 valence electrons. The van der Waals surface area contributed by atoms with Crippen LogP contribution in [0, 0.1) is 0 Å². The third-order valence-electron chi connectivity index (χ3n) is 5.62. The molecule has 0 heterocycles. The van der Waals surface area contributed by atoms with E-state index < -0.39 is 19.4 Å². The van der Waals surface area contributed by atoms with Crippen molar-refractivity contribution >= 4 is 13.3 Å². The van der Waals surface area contributed by atoms with E-state index in [1.165, 1.54) is 97.0 Å². The maximum absolute atomic E-state index is 11.6. The van der Waals surface area contributed by atoms with E-state index in [2.05, 4.69) is 11.7 Å². The number of hydrogen-bond acceptors (Lipinski definition) is 6. The lowest BCUT2D eigenvalue weighted by atomic mass is 10.0. The molecule has 0 aliphatic carbocycles. The van der Waals surface area contributed by atoms with Gasteiger partial charge in [0.25, 0.3) is 0 Å². The molecule has 2 unspecified atom stereocenters. The van der Waals surface area contributed by atoms with Gasteiger partial charge in [0.2, 0.25) is 0 Å². The van der Waals surface area contributed by atoms with Gasteiger partial charge >= 0.3 is 13.3 Å². The first-order chi connectivity index (χ1) is 15.5. The van der Waals surface area contributed by atoms with Crippen molar-refractivity contribution < 1.29 is 33.0 Å². The van der Waals surface area contributed by atoms with Crippen LogP contribution in [-0.4, -0.2) is 50.7 Å². The molecule has 0 aliphatic heterocycles. The molecule has 2 atom stereocenters. The average Bonchev–Trinajstić information content (AvgIpc) is 2.79. The van der Waals surface area contributed by atoms with Gasteiger partial charge in [-0.15, -0.1) is 0 Å². The molecule has 0 aromatic heterocycles. The molecule has 0 radical (unpaired) electrons. The highest BCUT2D eigenvalue weighted by molar-refractivity contribution is 7.70. The summed E-state index contributed by atoms with van der Waals surface area (Å²) in [7, 11) is -1.93. The lowest BCUT2D eigenvalue weighted by Crippen LogP contribution is -2.24. The third kappa shape index (κ3) is 19.0. The number of rotatable bonds is 24. The lowest BCUT2D eigenvalue weighted by Gasteiger charge is -2.17. The number of methoxy groups -OCH3 is 2. The summed E-state index contributed by atoms with van der Waals surface area (Å²) in [6.45, 7) is 2.92. The van der Waals surface area contributed by atoms with Crippen LogP contribution >= 0.6 is 7.60 Å². The minimum absolute atomic E-state index is 0.210. The fraction of sp³-hybridized carbons (Fsp3) is 0.958. The summed E-state index contributed by atoms with van der Waals surface area (Å²) < 4.78 is 31.3. The SMILES string of the molecule is CCCCCCCCCCCCCCCCCCOCC(COP(=O)(O)C(=O)OC)OC. The van der Waals surface area contributed by atoms with E-state index in [0.29, 0.717) is 6.61 Å². The molecule has 32 heavy (non-hydrogen) atoms. The summed E-state index contributed by atoms with van der Waals surface area (Å²) >= 11 is 0. The fourth-order valence-corrected chi connectivity index (χ4v) is 4.21. The van der Waals surface area contributed by atoms with Crippen LogP contribution in [0.1, 0.15) is 110 Å². The van der Waals surface area contributed by atoms with Gasteiger partial charge in [-0.05, 0) is 6.42 Å². The van der Waals surface area contributed by atoms with Crippen LogP contribution in [0.2, 0.25) is 0 Å². The maximum atomic E-state index is 11.6. The largest absolute Gasteiger partial charge is 0.460 e. The van der Waals surface area contributed by atoms with E-state index in [1.807, 2.05) is 0 Å². The van der Waals surface area contributed by atoms with E-state index >= 15 is 0 Å². The van der Waals surface area contributed by atoms with Gasteiger partial charge in [-0.3, -0.25) is 4.52 Å². The number of unbranched alkanes of at least 4 members (excludes halogenated alkanes) is 15. The van der Waals surface area contributed by atoms with Crippen LogP contribution < -0.4 is 0 Å².